The molecule has 0 N–H and O–H groups in total. The van der Waals surface area contributed by atoms with Crippen molar-refractivity contribution in [2.24, 2.45) is 0 Å². The van der Waals surface area contributed by atoms with Crippen molar-refractivity contribution in [2.75, 3.05) is 53.6 Å². The zero-order valence-electron chi connectivity index (χ0n) is 14.5. The molecule has 1 unspecified atom stereocenters. The third-order valence-electron chi connectivity index (χ3n) is 4.87. The van der Waals surface area contributed by atoms with E-state index >= 15 is 0 Å². The highest BCUT2D eigenvalue weighted by molar-refractivity contribution is 5.95. The van der Waals surface area contributed by atoms with Crippen molar-refractivity contribution in [2.45, 2.75) is 18.9 Å². The molecule has 0 aliphatic carbocycles. The van der Waals surface area contributed by atoms with Crippen molar-refractivity contribution < 1.29 is 19.0 Å². The fourth-order valence-electron chi connectivity index (χ4n) is 3.47. The Kier molecular flexibility index (Phi) is 5.58. The largest absolute Gasteiger partial charge is 0.493 e. The number of hydrogen-bond acceptors (Lipinski definition) is 5. The minimum atomic E-state index is 0.0560. The van der Waals surface area contributed by atoms with E-state index in [1.54, 1.807) is 32.4 Å². The van der Waals surface area contributed by atoms with Crippen LogP contribution in [0.3, 0.4) is 0 Å². The second-order valence-corrected chi connectivity index (χ2v) is 6.27. The number of amides is 1. The van der Waals surface area contributed by atoms with E-state index in [9.17, 15) is 4.79 Å². The van der Waals surface area contributed by atoms with E-state index in [2.05, 4.69) is 4.90 Å². The highest BCUT2D eigenvalue weighted by Gasteiger charge is 2.27. The highest BCUT2D eigenvalue weighted by Crippen LogP contribution is 2.28. The van der Waals surface area contributed by atoms with Gasteiger partial charge in [-0.3, -0.25) is 9.69 Å². The molecule has 2 fully saturated rings. The van der Waals surface area contributed by atoms with Gasteiger partial charge in [-0.2, -0.15) is 0 Å². The Morgan fingerprint density at radius 3 is 2.67 bits per heavy atom. The maximum absolute atomic E-state index is 12.8. The Morgan fingerprint density at radius 1 is 1.12 bits per heavy atom. The monoisotopic (exact) mass is 334 g/mol. The first-order chi connectivity index (χ1) is 11.7. The molecule has 2 aliphatic rings. The van der Waals surface area contributed by atoms with Crippen molar-refractivity contribution in [3.63, 3.8) is 0 Å². The molecule has 24 heavy (non-hydrogen) atoms. The van der Waals surface area contributed by atoms with E-state index in [-0.39, 0.29) is 5.91 Å². The van der Waals surface area contributed by atoms with Crippen LogP contribution in [0.1, 0.15) is 23.2 Å². The number of carbonyl (C=O) groups excluding carboxylic acids is 1. The summed E-state index contributed by atoms with van der Waals surface area (Å²) in [5.41, 5.74) is 0.644. The topological polar surface area (TPSA) is 51.2 Å². The lowest BCUT2D eigenvalue weighted by atomic mass is 10.1. The zero-order chi connectivity index (χ0) is 16.9. The van der Waals surface area contributed by atoms with Gasteiger partial charge in [0.1, 0.15) is 0 Å². The normalized spacial score (nSPS) is 22.2. The molecule has 2 saturated heterocycles. The van der Waals surface area contributed by atoms with Crippen LogP contribution in [0, 0.1) is 0 Å². The Bertz CT molecular complexity index is 572. The molecule has 0 spiro atoms. The molecule has 6 nitrogen and oxygen atoms in total. The van der Waals surface area contributed by atoms with Crippen LogP contribution >= 0.6 is 0 Å². The van der Waals surface area contributed by atoms with E-state index in [4.69, 9.17) is 14.2 Å². The van der Waals surface area contributed by atoms with Crippen LogP contribution in [0.15, 0.2) is 18.2 Å². The van der Waals surface area contributed by atoms with E-state index in [1.807, 2.05) is 4.90 Å². The number of methoxy groups -OCH3 is 2. The van der Waals surface area contributed by atoms with Gasteiger partial charge in [0.15, 0.2) is 11.5 Å². The molecule has 0 aromatic heterocycles. The molecule has 6 heteroatoms. The van der Waals surface area contributed by atoms with Gasteiger partial charge < -0.3 is 19.1 Å². The van der Waals surface area contributed by atoms with Crippen molar-refractivity contribution in [3.8, 4) is 11.5 Å². The number of rotatable bonds is 4. The molecule has 0 bridgehead atoms. The maximum atomic E-state index is 12.8. The van der Waals surface area contributed by atoms with Crippen molar-refractivity contribution in [1.82, 2.24) is 9.80 Å². The number of hydrogen-bond donors (Lipinski definition) is 0. The van der Waals surface area contributed by atoms with Gasteiger partial charge in [0.25, 0.3) is 5.91 Å². The van der Waals surface area contributed by atoms with Crippen LogP contribution < -0.4 is 9.47 Å². The van der Waals surface area contributed by atoms with Gasteiger partial charge in [0, 0.05) is 44.4 Å². The minimum absolute atomic E-state index is 0.0560. The summed E-state index contributed by atoms with van der Waals surface area (Å²) < 4.78 is 16.0. The average Bonchev–Trinajstić information content (AvgIpc) is 3.05. The molecule has 1 atom stereocenters. The molecule has 1 amide bonds. The fraction of sp³-hybridized carbons (Fsp3) is 0.611. The summed E-state index contributed by atoms with van der Waals surface area (Å²) in [6.07, 6.45) is 2.10. The van der Waals surface area contributed by atoms with Crippen molar-refractivity contribution >= 4 is 5.91 Å². The molecule has 2 heterocycles. The van der Waals surface area contributed by atoms with Crippen molar-refractivity contribution in [1.29, 1.82) is 0 Å². The minimum Gasteiger partial charge on any atom is -0.493 e. The third kappa shape index (κ3) is 3.65. The lowest BCUT2D eigenvalue weighted by molar-refractivity contribution is 0.0756. The summed E-state index contributed by atoms with van der Waals surface area (Å²) in [5, 5.41) is 0. The fourth-order valence-corrected chi connectivity index (χ4v) is 3.47. The Labute approximate surface area is 143 Å². The number of nitrogens with zero attached hydrogens (tertiary/aromatic N) is 2. The smallest absolute Gasteiger partial charge is 0.254 e. The van der Waals surface area contributed by atoms with Gasteiger partial charge in [-0.25, -0.2) is 0 Å². The zero-order valence-corrected chi connectivity index (χ0v) is 14.5. The summed E-state index contributed by atoms with van der Waals surface area (Å²) in [6.45, 7) is 5.16. The van der Waals surface area contributed by atoms with Crippen LogP contribution in [0.2, 0.25) is 0 Å². The van der Waals surface area contributed by atoms with Gasteiger partial charge in [-0.05, 0) is 31.0 Å². The lowest BCUT2D eigenvalue weighted by Gasteiger charge is -2.26. The Balaban J connectivity index is 1.66. The maximum Gasteiger partial charge on any atom is 0.254 e. The summed E-state index contributed by atoms with van der Waals surface area (Å²) in [7, 11) is 3.18. The molecule has 1 aromatic carbocycles. The van der Waals surface area contributed by atoms with E-state index in [1.165, 1.54) is 0 Å². The molecular weight excluding hydrogens is 308 g/mol. The molecule has 0 saturated carbocycles. The number of ether oxygens (including phenoxy) is 3. The second-order valence-electron chi connectivity index (χ2n) is 6.27. The molecule has 1 aromatic rings. The second kappa shape index (κ2) is 7.85. The molecule has 3 rings (SSSR count). The van der Waals surface area contributed by atoms with Crippen LogP contribution in [-0.4, -0.2) is 75.4 Å². The molecule has 2 aliphatic heterocycles. The van der Waals surface area contributed by atoms with Gasteiger partial charge >= 0.3 is 0 Å². The van der Waals surface area contributed by atoms with E-state index < -0.39 is 0 Å². The highest BCUT2D eigenvalue weighted by atomic mass is 16.5. The molecular formula is C18H26N2O4. The lowest BCUT2D eigenvalue weighted by Crippen LogP contribution is -2.39. The van der Waals surface area contributed by atoms with Crippen LogP contribution in [-0.2, 0) is 4.74 Å². The third-order valence-corrected chi connectivity index (χ3v) is 4.87. The standard InChI is InChI=1S/C18H26N2O4/c1-22-16-5-4-14(12-17(16)23-2)18(21)20-8-3-7-19(9-10-20)15-6-11-24-13-15/h4-5,12,15H,3,6-11,13H2,1-2H3. The van der Waals surface area contributed by atoms with E-state index in [0.717, 1.165) is 52.2 Å². The first-order valence-corrected chi connectivity index (χ1v) is 8.56. The van der Waals surface area contributed by atoms with Crippen LogP contribution in [0.5, 0.6) is 11.5 Å². The van der Waals surface area contributed by atoms with Gasteiger partial charge in [0.05, 0.1) is 20.8 Å². The summed E-state index contributed by atoms with van der Waals surface area (Å²) >= 11 is 0. The summed E-state index contributed by atoms with van der Waals surface area (Å²) in [5.74, 6) is 1.28. The first kappa shape index (κ1) is 17.0. The SMILES string of the molecule is COc1ccc(C(=O)N2CCCN(C3CCOC3)CC2)cc1OC. The summed E-state index contributed by atoms with van der Waals surface area (Å²) in [6, 6.07) is 5.86. The molecule has 0 radical (unpaired) electrons. The Hall–Kier alpha value is -1.79. The van der Waals surface area contributed by atoms with Crippen LogP contribution in [0.4, 0.5) is 0 Å². The van der Waals surface area contributed by atoms with Gasteiger partial charge in [-0.15, -0.1) is 0 Å². The first-order valence-electron chi connectivity index (χ1n) is 8.56. The predicted molar refractivity (Wildman–Crippen MR) is 90.9 cm³/mol. The van der Waals surface area contributed by atoms with E-state index in [0.29, 0.717) is 23.1 Å². The summed E-state index contributed by atoms with van der Waals surface area (Å²) in [4.78, 5) is 17.2. The average molecular weight is 334 g/mol. The Morgan fingerprint density at radius 2 is 1.96 bits per heavy atom. The molecule has 132 valence electrons. The van der Waals surface area contributed by atoms with Gasteiger partial charge in [0.2, 0.25) is 0 Å². The number of benzene rings is 1. The van der Waals surface area contributed by atoms with Crippen molar-refractivity contribution in [3.05, 3.63) is 23.8 Å². The quantitative estimate of drug-likeness (QED) is 0.838. The predicted octanol–water partition coefficient (Wildman–Crippen LogP) is 1.64. The van der Waals surface area contributed by atoms with Gasteiger partial charge in [-0.1, -0.05) is 0 Å². The number of carbonyl (C=O) groups is 1. The van der Waals surface area contributed by atoms with Crippen LogP contribution in [0.25, 0.3) is 0 Å².